The summed E-state index contributed by atoms with van der Waals surface area (Å²) in [4.78, 5) is 13.0. The smallest absolute Gasteiger partial charge is 0.190 e. The van der Waals surface area contributed by atoms with Crippen LogP contribution in [0.5, 0.6) is 0 Å². The fourth-order valence-electron chi connectivity index (χ4n) is 1.29. The summed E-state index contributed by atoms with van der Waals surface area (Å²) in [7, 11) is 3.49. The highest BCUT2D eigenvalue weighted by atomic mass is 16.1. The summed E-state index contributed by atoms with van der Waals surface area (Å²) >= 11 is 0. The lowest BCUT2D eigenvalue weighted by atomic mass is 10.2. The van der Waals surface area contributed by atoms with Crippen LogP contribution >= 0.6 is 0 Å². The SMILES string of the molecule is Cn1ccc(CC(=O)c2cnn(C)n2)n1. The fraction of sp³-hybridized carbons (Fsp3) is 0.333. The molecule has 0 aliphatic carbocycles. The van der Waals surface area contributed by atoms with Gasteiger partial charge < -0.3 is 0 Å². The van der Waals surface area contributed by atoms with Crippen molar-refractivity contribution >= 4 is 5.78 Å². The van der Waals surface area contributed by atoms with Gasteiger partial charge in [-0.15, -0.1) is 0 Å². The van der Waals surface area contributed by atoms with Gasteiger partial charge in [0.05, 0.1) is 18.3 Å². The van der Waals surface area contributed by atoms with Gasteiger partial charge in [-0.2, -0.15) is 20.1 Å². The van der Waals surface area contributed by atoms with Gasteiger partial charge in [-0.05, 0) is 6.07 Å². The Hall–Kier alpha value is -1.98. The number of nitrogens with zero attached hydrogens (tertiary/aromatic N) is 5. The highest BCUT2D eigenvalue weighted by Gasteiger charge is 2.11. The number of aryl methyl sites for hydroxylation is 2. The maximum absolute atomic E-state index is 11.7. The molecule has 0 aliphatic rings. The molecule has 0 aromatic carbocycles. The standard InChI is InChI=1S/C9H11N5O/c1-13-4-3-7(11-13)5-9(15)8-6-10-14(2)12-8/h3-4,6H,5H2,1-2H3. The van der Waals surface area contributed by atoms with Crippen molar-refractivity contribution < 1.29 is 4.79 Å². The molecule has 0 fully saturated rings. The first-order valence-corrected chi connectivity index (χ1v) is 4.53. The molecule has 0 N–H and O–H groups in total. The maximum atomic E-state index is 11.7. The fourth-order valence-corrected chi connectivity index (χ4v) is 1.29. The molecule has 0 aliphatic heterocycles. The second-order valence-electron chi connectivity index (χ2n) is 3.30. The molecule has 0 saturated heterocycles. The van der Waals surface area contributed by atoms with Gasteiger partial charge in [-0.25, -0.2) is 0 Å². The maximum Gasteiger partial charge on any atom is 0.190 e. The van der Waals surface area contributed by atoms with E-state index < -0.39 is 0 Å². The van der Waals surface area contributed by atoms with Gasteiger partial charge in [0, 0.05) is 20.3 Å². The van der Waals surface area contributed by atoms with Crippen molar-refractivity contribution in [2.24, 2.45) is 14.1 Å². The number of rotatable bonds is 3. The number of carbonyl (C=O) groups excluding carboxylic acids is 1. The van der Waals surface area contributed by atoms with Crippen molar-refractivity contribution in [2.75, 3.05) is 0 Å². The lowest BCUT2D eigenvalue weighted by Crippen LogP contribution is -2.06. The first-order valence-electron chi connectivity index (χ1n) is 4.53. The highest BCUT2D eigenvalue weighted by molar-refractivity contribution is 5.95. The van der Waals surface area contributed by atoms with Crippen molar-refractivity contribution in [2.45, 2.75) is 6.42 Å². The van der Waals surface area contributed by atoms with E-state index >= 15 is 0 Å². The van der Waals surface area contributed by atoms with Crippen LogP contribution in [0.3, 0.4) is 0 Å². The average molecular weight is 205 g/mol. The summed E-state index contributed by atoms with van der Waals surface area (Å²) in [5, 5.41) is 11.9. The molecule has 0 radical (unpaired) electrons. The first kappa shape index (κ1) is 9.57. The number of carbonyl (C=O) groups is 1. The minimum absolute atomic E-state index is 0.0678. The van der Waals surface area contributed by atoms with Gasteiger partial charge in [0.1, 0.15) is 5.69 Å². The lowest BCUT2D eigenvalue weighted by Gasteiger charge is -1.92. The number of ketones is 1. The Labute approximate surface area is 86.5 Å². The van der Waals surface area contributed by atoms with Crippen molar-refractivity contribution in [3.63, 3.8) is 0 Å². The van der Waals surface area contributed by atoms with Crippen LogP contribution < -0.4 is 0 Å². The molecule has 0 saturated carbocycles. The monoisotopic (exact) mass is 205 g/mol. The van der Waals surface area contributed by atoms with E-state index in [1.165, 1.54) is 11.0 Å². The zero-order chi connectivity index (χ0) is 10.8. The van der Waals surface area contributed by atoms with E-state index in [4.69, 9.17) is 0 Å². The molecule has 0 spiro atoms. The Morgan fingerprint density at radius 2 is 2.20 bits per heavy atom. The predicted molar refractivity (Wildman–Crippen MR) is 52.2 cm³/mol. The normalized spacial score (nSPS) is 10.5. The van der Waals surface area contributed by atoms with E-state index in [-0.39, 0.29) is 12.2 Å². The molecule has 2 aromatic rings. The van der Waals surface area contributed by atoms with E-state index in [0.717, 1.165) is 5.69 Å². The number of hydrogen-bond acceptors (Lipinski definition) is 4. The minimum atomic E-state index is -0.0678. The zero-order valence-electron chi connectivity index (χ0n) is 8.58. The van der Waals surface area contributed by atoms with Crippen LogP contribution in [0.4, 0.5) is 0 Å². The quantitative estimate of drug-likeness (QED) is 0.660. The first-order chi connectivity index (χ1) is 7.15. The topological polar surface area (TPSA) is 65.6 Å². The van der Waals surface area contributed by atoms with Crippen molar-refractivity contribution in [1.29, 1.82) is 0 Å². The third-order valence-corrected chi connectivity index (χ3v) is 2.00. The highest BCUT2D eigenvalue weighted by Crippen LogP contribution is 2.01. The van der Waals surface area contributed by atoms with E-state index in [1.807, 2.05) is 13.1 Å². The Balaban J connectivity index is 2.10. The summed E-state index contributed by atoms with van der Waals surface area (Å²) < 4.78 is 1.67. The van der Waals surface area contributed by atoms with Crippen LogP contribution in [0.15, 0.2) is 18.5 Å². The predicted octanol–water partition coefficient (Wildman–Crippen LogP) is -0.0260. The molecule has 78 valence electrons. The molecular weight excluding hydrogens is 194 g/mol. The number of Topliss-reactive ketones (excluding diaryl/α,β-unsaturated/α-hetero) is 1. The minimum Gasteiger partial charge on any atom is -0.292 e. The summed E-state index contributed by atoms with van der Waals surface area (Å²) in [6, 6.07) is 1.81. The number of aromatic nitrogens is 5. The van der Waals surface area contributed by atoms with Crippen LogP contribution in [-0.4, -0.2) is 30.6 Å². The summed E-state index contributed by atoms with van der Waals surface area (Å²) in [5.74, 6) is -0.0678. The Morgan fingerprint density at radius 1 is 1.40 bits per heavy atom. The van der Waals surface area contributed by atoms with Crippen LogP contribution in [0.2, 0.25) is 0 Å². The molecule has 0 atom stereocenters. The summed E-state index contributed by atoms with van der Waals surface area (Å²) in [5.41, 5.74) is 1.12. The van der Waals surface area contributed by atoms with Crippen molar-refractivity contribution in [1.82, 2.24) is 24.8 Å². The Bertz CT molecular complexity index is 484. The molecular formula is C9H11N5O. The van der Waals surface area contributed by atoms with Crippen LogP contribution in [-0.2, 0) is 20.5 Å². The molecule has 0 unspecified atom stereocenters. The van der Waals surface area contributed by atoms with E-state index in [2.05, 4.69) is 15.3 Å². The van der Waals surface area contributed by atoms with Gasteiger partial charge in [0.15, 0.2) is 5.78 Å². The molecule has 0 amide bonds. The Morgan fingerprint density at radius 3 is 2.73 bits per heavy atom. The molecule has 2 aromatic heterocycles. The van der Waals surface area contributed by atoms with E-state index in [9.17, 15) is 4.79 Å². The van der Waals surface area contributed by atoms with Crippen LogP contribution in [0, 0.1) is 0 Å². The molecule has 2 rings (SSSR count). The van der Waals surface area contributed by atoms with Gasteiger partial charge in [0.2, 0.25) is 0 Å². The average Bonchev–Trinajstić information content (AvgIpc) is 2.75. The third-order valence-electron chi connectivity index (χ3n) is 2.00. The van der Waals surface area contributed by atoms with E-state index in [0.29, 0.717) is 5.69 Å². The van der Waals surface area contributed by atoms with Gasteiger partial charge in [-0.1, -0.05) is 0 Å². The zero-order valence-corrected chi connectivity index (χ0v) is 8.58. The van der Waals surface area contributed by atoms with Gasteiger partial charge in [0.25, 0.3) is 0 Å². The van der Waals surface area contributed by atoms with Crippen molar-refractivity contribution in [3.8, 4) is 0 Å². The second kappa shape index (κ2) is 3.64. The molecule has 6 heteroatoms. The van der Waals surface area contributed by atoms with E-state index in [1.54, 1.807) is 17.9 Å². The molecule has 2 heterocycles. The Kier molecular flexibility index (Phi) is 2.32. The van der Waals surface area contributed by atoms with Crippen LogP contribution in [0.1, 0.15) is 16.2 Å². The molecule has 6 nitrogen and oxygen atoms in total. The summed E-state index contributed by atoms with van der Waals surface area (Å²) in [6.45, 7) is 0. The molecule has 0 bridgehead atoms. The third kappa shape index (κ3) is 2.09. The molecule has 15 heavy (non-hydrogen) atoms. The van der Waals surface area contributed by atoms with Crippen molar-refractivity contribution in [3.05, 3.63) is 29.8 Å². The van der Waals surface area contributed by atoms with Gasteiger partial charge in [-0.3, -0.25) is 9.48 Å². The lowest BCUT2D eigenvalue weighted by molar-refractivity contribution is 0.0986. The largest absolute Gasteiger partial charge is 0.292 e. The van der Waals surface area contributed by atoms with Crippen LogP contribution in [0.25, 0.3) is 0 Å². The summed E-state index contributed by atoms with van der Waals surface area (Å²) in [6.07, 6.45) is 3.53. The number of hydrogen-bond donors (Lipinski definition) is 0. The van der Waals surface area contributed by atoms with Gasteiger partial charge >= 0.3 is 0 Å². The second-order valence-corrected chi connectivity index (χ2v) is 3.30.